The number of hydrogen-bond acceptors (Lipinski definition) is 6. The first kappa shape index (κ1) is 17.7. The van der Waals surface area contributed by atoms with E-state index in [4.69, 9.17) is 9.15 Å². The molecule has 0 atom stereocenters. The molecule has 3 rings (SSSR count). The molecule has 1 aromatic heterocycles. The van der Waals surface area contributed by atoms with Crippen molar-refractivity contribution in [3.05, 3.63) is 70.6 Å². The van der Waals surface area contributed by atoms with Gasteiger partial charge in [0.05, 0.1) is 12.2 Å². The van der Waals surface area contributed by atoms with Gasteiger partial charge >= 0.3 is 11.6 Å². The second-order valence-electron chi connectivity index (χ2n) is 5.33. The quantitative estimate of drug-likeness (QED) is 0.545. The number of ether oxygens (including phenoxy) is 1. The molecule has 8 heteroatoms. The van der Waals surface area contributed by atoms with Crippen LogP contribution in [0.1, 0.15) is 17.3 Å². The lowest BCUT2D eigenvalue weighted by atomic mass is 10.2. The van der Waals surface area contributed by atoms with Gasteiger partial charge < -0.3 is 9.15 Å². The van der Waals surface area contributed by atoms with E-state index in [1.807, 2.05) is 0 Å². The Morgan fingerprint density at radius 1 is 1.12 bits per heavy atom. The zero-order valence-electron chi connectivity index (χ0n) is 13.8. The lowest BCUT2D eigenvalue weighted by Crippen LogP contribution is -2.18. The van der Waals surface area contributed by atoms with Crippen molar-refractivity contribution >= 4 is 32.6 Å². The van der Waals surface area contributed by atoms with Gasteiger partial charge in [0, 0.05) is 17.1 Å². The minimum Gasteiger partial charge on any atom is -0.462 e. The van der Waals surface area contributed by atoms with Crippen molar-refractivity contribution in [1.29, 1.82) is 0 Å². The minimum atomic E-state index is -4.03. The Kier molecular flexibility index (Phi) is 4.77. The number of esters is 1. The average molecular weight is 373 g/mol. The molecule has 0 radical (unpaired) electrons. The van der Waals surface area contributed by atoms with Crippen LogP contribution in [0.25, 0.3) is 11.0 Å². The molecule has 0 aliphatic rings. The highest BCUT2D eigenvalue weighted by Gasteiger charge is 2.23. The lowest BCUT2D eigenvalue weighted by molar-refractivity contribution is 0.0522. The minimum absolute atomic E-state index is 0.0476. The summed E-state index contributed by atoms with van der Waals surface area (Å²) in [4.78, 5) is 23.0. The van der Waals surface area contributed by atoms with Crippen LogP contribution in [0.5, 0.6) is 0 Å². The first-order valence-electron chi connectivity index (χ1n) is 7.73. The highest BCUT2D eigenvalue weighted by atomic mass is 32.2. The number of anilines is 1. The van der Waals surface area contributed by atoms with E-state index in [0.717, 1.165) is 0 Å². The van der Waals surface area contributed by atoms with E-state index in [9.17, 15) is 18.0 Å². The molecule has 0 saturated heterocycles. The highest BCUT2D eigenvalue weighted by Crippen LogP contribution is 2.23. The molecule has 0 fully saturated rings. The van der Waals surface area contributed by atoms with Gasteiger partial charge in [0.25, 0.3) is 10.0 Å². The summed E-state index contributed by atoms with van der Waals surface area (Å²) in [6.07, 6.45) is 0. The van der Waals surface area contributed by atoms with Crippen molar-refractivity contribution in [3.8, 4) is 0 Å². The number of carbonyl (C=O) groups excluding carboxylic acids is 1. The maximum atomic E-state index is 12.7. The third kappa shape index (κ3) is 3.60. The molecular weight excluding hydrogens is 358 g/mol. The fourth-order valence-corrected chi connectivity index (χ4v) is 3.67. The first-order valence-corrected chi connectivity index (χ1v) is 9.22. The fourth-order valence-electron chi connectivity index (χ4n) is 2.42. The third-order valence-corrected chi connectivity index (χ3v) is 4.98. The summed E-state index contributed by atoms with van der Waals surface area (Å²) in [5.41, 5.74) is 0.0696. The van der Waals surface area contributed by atoms with Gasteiger partial charge in [0.1, 0.15) is 10.5 Å². The topological polar surface area (TPSA) is 103 Å². The van der Waals surface area contributed by atoms with Gasteiger partial charge in [-0.2, -0.15) is 0 Å². The molecule has 134 valence electrons. The summed E-state index contributed by atoms with van der Waals surface area (Å²) < 4.78 is 37.8. The van der Waals surface area contributed by atoms with Gasteiger partial charge in [-0.15, -0.1) is 0 Å². The maximum absolute atomic E-state index is 12.7. The molecule has 0 spiro atoms. The van der Waals surface area contributed by atoms with E-state index in [1.54, 1.807) is 13.0 Å². The van der Waals surface area contributed by atoms with Gasteiger partial charge in [-0.25, -0.2) is 18.0 Å². The zero-order chi connectivity index (χ0) is 18.7. The van der Waals surface area contributed by atoms with Gasteiger partial charge in [0.15, 0.2) is 0 Å². The summed E-state index contributed by atoms with van der Waals surface area (Å²) in [6, 6.07) is 13.1. The Morgan fingerprint density at radius 3 is 2.65 bits per heavy atom. The molecule has 26 heavy (non-hydrogen) atoms. The summed E-state index contributed by atoms with van der Waals surface area (Å²) in [7, 11) is -4.03. The molecule has 0 bridgehead atoms. The van der Waals surface area contributed by atoms with Crippen LogP contribution >= 0.6 is 0 Å². The fraction of sp³-hybridized carbons (Fsp3) is 0.111. The molecule has 0 unspecified atom stereocenters. The second kappa shape index (κ2) is 7.01. The SMILES string of the molecule is CCOC(=O)c1ccccc1S(=O)(=O)Nc1ccc2oc(=O)ccc2c1. The van der Waals surface area contributed by atoms with Crippen molar-refractivity contribution in [1.82, 2.24) is 0 Å². The molecule has 1 heterocycles. The van der Waals surface area contributed by atoms with Crippen LogP contribution in [-0.4, -0.2) is 21.0 Å². The van der Waals surface area contributed by atoms with Crippen molar-refractivity contribution in [2.75, 3.05) is 11.3 Å². The summed E-state index contributed by atoms with van der Waals surface area (Å²) in [5.74, 6) is -0.714. The van der Waals surface area contributed by atoms with E-state index in [-0.39, 0.29) is 22.8 Å². The van der Waals surface area contributed by atoms with Crippen molar-refractivity contribution in [3.63, 3.8) is 0 Å². The van der Waals surface area contributed by atoms with Gasteiger partial charge in [-0.05, 0) is 43.3 Å². The summed E-state index contributed by atoms with van der Waals surface area (Å²) in [6.45, 7) is 1.78. The second-order valence-corrected chi connectivity index (χ2v) is 6.98. The zero-order valence-corrected chi connectivity index (χ0v) is 14.6. The molecule has 3 aromatic rings. The van der Waals surface area contributed by atoms with Crippen LogP contribution in [0, 0.1) is 0 Å². The molecule has 7 nitrogen and oxygen atoms in total. The maximum Gasteiger partial charge on any atom is 0.339 e. The first-order chi connectivity index (χ1) is 12.4. The number of carbonyl (C=O) groups is 1. The van der Waals surface area contributed by atoms with E-state index >= 15 is 0 Å². The van der Waals surface area contributed by atoms with Crippen LogP contribution in [0.2, 0.25) is 0 Å². The molecule has 2 aromatic carbocycles. The largest absolute Gasteiger partial charge is 0.462 e. The average Bonchev–Trinajstić information content (AvgIpc) is 2.62. The lowest BCUT2D eigenvalue weighted by Gasteiger charge is -2.12. The number of rotatable bonds is 5. The normalized spacial score (nSPS) is 11.3. The van der Waals surface area contributed by atoms with Gasteiger partial charge in [-0.1, -0.05) is 12.1 Å². The van der Waals surface area contributed by atoms with Crippen LogP contribution in [0.15, 0.2) is 68.7 Å². The number of benzene rings is 2. The monoisotopic (exact) mass is 373 g/mol. The predicted molar refractivity (Wildman–Crippen MR) is 95.7 cm³/mol. The van der Waals surface area contributed by atoms with Gasteiger partial charge in [0.2, 0.25) is 0 Å². The van der Waals surface area contributed by atoms with Crippen LogP contribution in [0.4, 0.5) is 5.69 Å². The van der Waals surface area contributed by atoms with E-state index in [2.05, 4.69) is 4.72 Å². The number of sulfonamides is 1. The number of nitrogens with one attached hydrogen (secondary N) is 1. The van der Waals surface area contributed by atoms with Crippen molar-refractivity contribution in [2.45, 2.75) is 11.8 Å². The summed E-state index contributed by atoms with van der Waals surface area (Å²) >= 11 is 0. The molecule has 0 amide bonds. The molecule has 1 N–H and O–H groups in total. The van der Waals surface area contributed by atoms with Crippen molar-refractivity contribution in [2.24, 2.45) is 0 Å². The molecule has 0 aliphatic carbocycles. The third-order valence-electron chi connectivity index (χ3n) is 3.54. The van der Waals surface area contributed by atoms with Crippen LogP contribution in [-0.2, 0) is 14.8 Å². The Morgan fingerprint density at radius 2 is 1.88 bits per heavy atom. The van der Waals surface area contributed by atoms with Crippen molar-refractivity contribution < 1.29 is 22.4 Å². The molecular formula is C18H15NO6S. The Bertz CT molecular complexity index is 1130. The van der Waals surface area contributed by atoms with Crippen LogP contribution in [0.3, 0.4) is 0 Å². The number of fused-ring (bicyclic) bond motifs is 1. The highest BCUT2D eigenvalue weighted by molar-refractivity contribution is 7.92. The Labute approximate surface area is 149 Å². The Hall–Kier alpha value is -3.13. The molecule has 0 aliphatic heterocycles. The smallest absolute Gasteiger partial charge is 0.339 e. The molecule has 0 saturated carbocycles. The van der Waals surface area contributed by atoms with E-state index in [1.165, 1.54) is 48.5 Å². The predicted octanol–water partition coefficient (Wildman–Crippen LogP) is 2.77. The standard InChI is InChI=1S/C18H15NO6S/c1-2-24-18(21)14-5-3-4-6-16(14)26(22,23)19-13-8-9-15-12(11-13)7-10-17(20)25-15/h3-11,19H,2H2,1H3. The Balaban J connectivity index is 1.98. The van der Waals surface area contributed by atoms with Gasteiger partial charge in [-0.3, -0.25) is 4.72 Å². The van der Waals surface area contributed by atoms with E-state index in [0.29, 0.717) is 11.0 Å². The van der Waals surface area contributed by atoms with E-state index < -0.39 is 21.6 Å². The van der Waals surface area contributed by atoms with Crippen LogP contribution < -0.4 is 10.3 Å². The summed E-state index contributed by atoms with van der Waals surface area (Å²) in [5, 5.41) is 0.559. The number of hydrogen-bond donors (Lipinski definition) is 1.